The average molecular weight is 457 g/mol. The van der Waals surface area contributed by atoms with E-state index in [1.165, 1.54) is 5.56 Å². The summed E-state index contributed by atoms with van der Waals surface area (Å²) in [7, 11) is 1.64. The summed E-state index contributed by atoms with van der Waals surface area (Å²) < 4.78 is 13.1. The monoisotopic (exact) mass is 456 g/mol. The van der Waals surface area contributed by atoms with Gasteiger partial charge in [0.2, 0.25) is 0 Å². The minimum absolute atomic E-state index is 0.00136. The lowest BCUT2D eigenvalue weighted by Gasteiger charge is -2.15. The second-order valence-electron chi connectivity index (χ2n) is 8.74. The van der Waals surface area contributed by atoms with Crippen molar-refractivity contribution in [3.8, 4) is 22.9 Å². The smallest absolute Gasteiger partial charge is 0.261 e. The summed E-state index contributed by atoms with van der Waals surface area (Å²) in [4.78, 5) is 18.2. The number of nitrogens with zero attached hydrogens (tertiary/aromatic N) is 2. The summed E-state index contributed by atoms with van der Waals surface area (Å²) in [5, 5.41) is 0.647. The molecule has 0 N–H and O–H groups in total. The third kappa shape index (κ3) is 5.30. The van der Waals surface area contributed by atoms with Crippen LogP contribution in [0.1, 0.15) is 44.6 Å². The van der Waals surface area contributed by atoms with Crippen LogP contribution in [-0.4, -0.2) is 23.3 Å². The summed E-state index contributed by atoms with van der Waals surface area (Å²) in [6.07, 6.45) is 2.77. The first kappa shape index (κ1) is 23.6. The summed E-state index contributed by atoms with van der Waals surface area (Å²) in [6.45, 7) is 5.64. The van der Waals surface area contributed by atoms with Gasteiger partial charge in [-0.25, -0.2) is 4.98 Å². The number of benzene rings is 3. The van der Waals surface area contributed by atoms with Crippen molar-refractivity contribution in [2.24, 2.45) is 0 Å². The van der Waals surface area contributed by atoms with E-state index >= 15 is 0 Å². The molecule has 5 heteroatoms. The van der Waals surface area contributed by atoms with Gasteiger partial charge in [0.05, 0.1) is 24.6 Å². The Bertz CT molecular complexity index is 1290. The normalized spacial score (nSPS) is 11.2. The maximum Gasteiger partial charge on any atom is 0.261 e. The van der Waals surface area contributed by atoms with E-state index in [0.29, 0.717) is 35.8 Å². The van der Waals surface area contributed by atoms with Gasteiger partial charge < -0.3 is 9.47 Å². The van der Waals surface area contributed by atoms with Crippen molar-refractivity contribution in [3.05, 3.63) is 88.7 Å². The second-order valence-corrected chi connectivity index (χ2v) is 8.74. The molecule has 0 bridgehead atoms. The van der Waals surface area contributed by atoms with E-state index in [1.807, 2.05) is 60.7 Å². The Kier molecular flexibility index (Phi) is 7.63. The van der Waals surface area contributed by atoms with Crippen LogP contribution in [0.5, 0.6) is 11.5 Å². The van der Waals surface area contributed by atoms with Crippen LogP contribution in [0.4, 0.5) is 0 Å². The van der Waals surface area contributed by atoms with E-state index in [9.17, 15) is 4.79 Å². The third-order valence-electron chi connectivity index (χ3n) is 6.03. The van der Waals surface area contributed by atoms with Gasteiger partial charge in [-0.15, -0.1) is 0 Å². The zero-order valence-corrected chi connectivity index (χ0v) is 20.2. The number of methoxy groups -OCH3 is 1. The molecule has 4 rings (SSSR count). The van der Waals surface area contributed by atoms with E-state index in [2.05, 4.69) is 26.0 Å². The standard InChI is InChI=1S/C29H32N2O3/c1-21(2)24-11-6-8-14-27(24)34-20-10-4-9-19-31-28(22-15-17-23(33-3)18-16-22)30-26-13-7-5-12-25(26)29(31)32/h5-8,11-18,21H,4,9-10,19-20H2,1-3H3. The number of para-hydroxylation sites is 2. The summed E-state index contributed by atoms with van der Waals surface area (Å²) in [5.74, 6) is 2.86. The number of unbranched alkanes of at least 4 members (excludes halogenated alkanes) is 2. The van der Waals surface area contributed by atoms with Gasteiger partial charge in [-0.1, -0.05) is 44.2 Å². The second kappa shape index (κ2) is 11.0. The Morgan fingerprint density at radius 1 is 0.882 bits per heavy atom. The molecule has 0 atom stereocenters. The lowest BCUT2D eigenvalue weighted by atomic mass is 10.0. The molecule has 34 heavy (non-hydrogen) atoms. The van der Waals surface area contributed by atoms with Crippen molar-refractivity contribution in [1.29, 1.82) is 0 Å². The third-order valence-corrected chi connectivity index (χ3v) is 6.03. The van der Waals surface area contributed by atoms with Crippen LogP contribution in [0, 0.1) is 0 Å². The highest BCUT2D eigenvalue weighted by atomic mass is 16.5. The van der Waals surface area contributed by atoms with Crippen molar-refractivity contribution in [2.75, 3.05) is 13.7 Å². The Balaban J connectivity index is 1.46. The molecule has 0 amide bonds. The maximum absolute atomic E-state index is 13.3. The summed E-state index contributed by atoms with van der Waals surface area (Å²) in [5.41, 5.74) is 2.85. The molecule has 0 aliphatic carbocycles. The van der Waals surface area contributed by atoms with Crippen molar-refractivity contribution in [2.45, 2.75) is 45.6 Å². The largest absolute Gasteiger partial charge is 0.497 e. The molecule has 5 nitrogen and oxygen atoms in total. The zero-order valence-electron chi connectivity index (χ0n) is 20.2. The van der Waals surface area contributed by atoms with Crippen LogP contribution in [0.3, 0.4) is 0 Å². The molecular weight excluding hydrogens is 424 g/mol. The van der Waals surface area contributed by atoms with E-state index < -0.39 is 0 Å². The van der Waals surface area contributed by atoms with Crippen LogP contribution in [0.25, 0.3) is 22.3 Å². The fourth-order valence-electron chi connectivity index (χ4n) is 4.16. The molecule has 3 aromatic carbocycles. The number of fused-ring (bicyclic) bond motifs is 1. The summed E-state index contributed by atoms with van der Waals surface area (Å²) >= 11 is 0. The van der Waals surface area contributed by atoms with Gasteiger partial charge in [0, 0.05) is 12.1 Å². The molecule has 1 aromatic heterocycles. The molecule has 0 radical (unpaired) electrons. The Morgan fingerprint density at radius 3 is 2.38 bits per heavy atom. The molecular formula is C29H32N2O3. The average Bonchev–Trinajstić information content (AvgIpc) is 2.87. The number of rotatable bonds is 10. The number of hydrogen-bond acceptors (Lipinski definition) is 4. The van der Waals surface area contributed by atoms with Gasteiger partial charge in [0.25, 0.3) is 5.56 Å². The quantitative estimate of drug-likeness (QED) is 0.258. The van der Waals surface area contributed by atoms with Crippen LogP contribution in [-0.2, 0) is 6.54 Å². The molecule has 0 aliphatic heterocycles. The topological polar surface area (TPSA) is 53.3 Å². The van der Waals surface area contributed by atoms with E-state index in [-0.39, 0.29) is 5.56 Å². The molecule has 176 valence electrons. The molecule has 0 fully saturated rings. The first-order valence-corrected chi connectivity index (χ1v) is 11.9. The predicted molar refractivity (Wildman–Crippen MR) is 138 cm³/mol. The number of ether oxygens (including phenoxy) is 2. The van der Waals surface area contributed by atoms with Gasteiger partial charge >= 0.3 is 0 Å². The van der Waals surface area contributed by atoms with Crippen LogP contribution < -0.4 is 15.0 Å². The first-order valence-electron chi connectivity index (χ1n) is 11.9. The highest BCUT2D eigenvalue weighted by Crippen LogP contribution is 2.26. The maximum atomic E-state index is 13.3. The first-order chi connectivity index (χ1) is 16.6. The molecule has 1 heterocycles. The van der Waals surface area contributed by atoms with Crippen LogP contribution in [0.2, 0.25) is 0 Å². The minimum Gasteiger partial charge on any atom is -0.497 e. The van der Waals surface area contributed by atoms with Gasteiger partial charge in [0.1, 0.15) is 17.3 Å². The number of aromatic nitrogens is 2. The number of hydrogen-bond donors (Lipinski definition) is 0. The highest BCUT2D eigenvalue weighted by Gasteiger charge is 2.13. The lowest BCUT2D eigenvalue weighted by molar-refractivity contribution is 0.300. The van der Waals surface area contributed by atoms with Gasteiger partial charge in [0.15, 0.2) is 0 Å². The Labute approximate surface area is 201 Å². The van der Waals surface area contributed by atoms with Crippen molar-refractivity contribution in [3.63, 3.8) is 0 Å². The van der Waals surface area contributed by atoms with Gasteiger partial charge in [-0.2, -0.15) is 0 Å². The molecule has 0 saturated carbocycles. The van der Waals surface area contributed by atoms with Crippen LogP contribution in [0.15, 0.2) is 77.6 Å². The fraction of sp³-hybridized carbons (Fsp3) is 0.310. The minimum atomic E-state index is -0.00136. The molecule has 0 saturated heterocycles. The van der Waals surface area contributed by atoms with E-state index in [1.54, 1.807) is 11.7 Å². The molecule has 0 spiro atoms. The highest BCUT2D eigenvalue weighted by molar-refractivity contribution is 5.79. The van der Waals surface area contributed by atoms with Crippen molar-refractivity contribution >= 4 is 10.9 Å². The summed E-state index contributed by atoms with van der Waals surface area (Å²) in [6, 6.07) is 23.5. The van der Waals surface area contributed by atoms with Crippen molar-refractivity contribution < 1.29 is 9.47 Å². The lowest BCUT2D eigenvalue weighted by Crippen LogP contribution is -2.23. The van der Waals surface area contributed by atoms with Gasteiger partial charge in [-0.05, 0) is 73.2 Å². The Hall–Kier alpha value is -3.60. The predicted octanol–water partition coefficient (Wildman–Crippen LogP) is 6.44. The van der Waals surface area contributed by atoms with E-state index in [4.69, 9.17) is 14.5 Å². The molecule has 0 unspecified atom stereocenters. The fourth-order valence-corrected chi connectivity index (χ4v) is 4.16. The molecule has 4 aromatic rings. The Morgan fingerprint density at radius 2 is 1.62 bits per heavy atom. The van der Waals surface area contributed by atoms with Gasteiger partial charge in [-0.3, -0.25) is 9.36 Å². The molecule has 0 aliphatic rings. The van der Waals surface area contributed by atoms with E-state index in [0.717, 1.165) is 36.3 Å². The van der Waals surface area contributed by atoms with Crippen LogP contribution >= 0.6 is 0 Å². The SMILES string of the molecule is COc1ccc(-c2nc3ccccc3c(=O)n2CCCCCOc2ccccc2C(C)C)cc1. The van der Waals surface area contributed by atoms with Crippen molar-refractivity contribution in [1.82, 2.24) is 9.55 Å². The zero-order chi connectivity index (χ0) is 23.9.